The van der Waals surface area contributed by atoms with Gasteiger partial charge in [0.15, 0.2) is 0 Å². The fourth-order valence-corrected chi connectivity index (χ4v) is 3.43. The standard InChI is InChI=1S/C18H22N4O3/c1-18(2,3)15-14-5-4-12(16(23)21-13-9-19-20-10-13)8-11(14)6-7-22(15)17(24)25/h4-5,8-10,15H,6-7H2,1-3H3,(H,19,20)(H,21,23)(H,24,25). The SMILES string of the molecule is CC(C)(C)C1c2ccc(C(=O)Nc3cn[nH]c3)cc2CCN1C(=O)O. The molecule has 7 heteroatoms. The minimum atomic E-state index is -0.910. The zero-order valence-electron chi connectivity index (χ0n) is 14.5. The summed E-state index contributed by atoms with van der Waals surface area (Å²) >= 11 is 0. The molecule has 1 unspecified atom stereocenters. The van der Waals surface area contributed by atoms with Crippen LogP contribution in [0.4, 0.5) is 10.5 Å². The number of aromatic nitrogens is 2. The van der Waals surface area contributed by atoms with Gasteiger partial charge in [-0.15, -0.1) is 0 Å². The molecule has 3 N–H and O–H groups in total. The van der Waals surface area contributed by atoms with Gasteiger partial charge in [-0.05, 0) is 35.1 Å². The number of amides is 2. The van der Waals surface area contributed by atoms with Crippen molar-refractivity contribution in [3.05, 3.63) is 47.3 Å². The third-order valence-electron chi connectivity index (χ3n) is 4.46. The Bertz CT molecular complexity index is 793. The van der Waals surface area contributed by atoms with Gasteiger partial charge in [0.2, 0.25) is 0 Å². The van der Waals surface area contributed by atoms with Crippen LogP contribution >= 0.6 is 0 Å². The summed E-state index contributed by atoms with van der Waals surface area (Å²) in [6.45, 7) is 6.52. The average molecular weight is 342 g/mol. The second-order valence-electron chi connectivity index (χ2n) is 7.35. The number of hydrogen-bond donors (Lipinski definition) is 3. The number of nitrogens with one attached hydrogen (secondary N) is 2. The molecule has 1 aromatic heterocycles. The first-order valence-electron chi connectivity index (χ1n) is 8.20. The smallest absolute Gasteiger partial charge is 0.407 e. The minimum Gasteiger partial charge on any atom is -0.465 e. The molecular formula is C18H22N4O3. The fourth-order valence-electron chi connectivity index (χ4n) is 3.43. The molecule has 0 saturated heterocycles. The molecule has 0 fully saturated rings. The van der Waals surface area contributed by atoms with Gasteiger partial charge in [0.25, 0.3) is 5.91 Å². The fraction of sp³-hybridized carbons (Fsp3) is 0.389. The maximum atomic E-state index is 12.4. The van der Waals surface area contributed by atoms with E-state index in [4.69, 9.17) is 0 Å². The van der Waals surface area contributed by atoms with Gasteiger partial charge in [-0.3, -0.25) is 9.89 Å². The van der Waals surface area contributed by atoms with E-state index < -0.39 is 6.09 Å². The molecule has 7 nitrogen and oxygen atoms in total. The Balaban J connectivity index is 1.92. The highest BCUT2D eigenvalue weighted by atomic mass is 16.4. The van der Waals surface area contributed by atoms with E-state index in [0.29, 0.717) is 24.2 Å². The van der Waals surface area contributed by atoms with Crippen LogP contribution in [0.5, 0.6) is 0 Å². The molecule has 0 bridgehead atoms. The third kappa shape index (κ3) is 3.35. The Morgan fingerprint density at radius 1 is 1.36 bits per heavy atom. The third-order valence-corrected chi connectivity index (χ3v) is 4.46. The van der Waals surface area contributed by atoms with Crippen molar-refractivity contribution >= 4 is 17.7 Å². The lowest BCUT2D eigenvalue weighted by Crippen LogP contribution is -2.44. The number of carbonyl (C=O) groups excluding carboxylic acids is 1. The molecule has 1 aliphatic rings. The monoisotopic (exact) mass is 342 g/mol. The van der Waals surface area contributed by atoms with Gasteiger partial charge >= 0.3 is 6.09 Å². The number of hydrogen-bond acceptors (Lipinski definition) is 3. The van der Waals surface area contributed by atoms with Crippen molar-refractivity contribution in [1.82, 2.24) is 15.1 Å². The number of benzene rings is 1. The number of carbonyl (C=O) groups is 2. The van der Waals surface area contributed by atoms with Gasteiger partial charge in [0.05, 0.1) is 17.9 Å². The van der Waals surface area contributed by atoms with Crippen molar-refractivity contribution in [3.63, 3.8) is 0 Å². The van der Waals surface area contributed by atoms with Crippen LogP contribution in [0.1, 0.15) is 48.3 Å². The Kier molecular flexibility index (Phi) is 4.24. The van der Waals surface area contributed by atoms with Crippen LogP contribution in [0.2, 0.25) is 0 Å². The average Bonchev–Trinajstić information content (AvgIpc) is 3.05. The Labute approximate surface area is 146 Å². The number of nitrogens with zero attached hydrogens (tertiary/aromatic N) is 2. The van der Waals surface area contributed by atoms with Crippen molar-refractivity contribution in [2.45, 2.75) is 33.2 Å². The molecule has 132 valence electrons. The summed E-state index contributed by atoms with van der Waals surface area (Å²) in [5.41, 5.74) is 2.91. The molecule has 2 aromatic rings. The highest BCUT2D eigenvalue weighted by Crippen LogP contribution is 2.42. The van der Waals surface area contributed by atoms with E-state index >= 15 is 0 Å². The maximum absolute atomic E-state index is 12.4. The van der Waals surface area contributed by atoms with Gasteiger partial charge in [0, 0.05) is 18.3 Å². The van der Waals surface area contributed by atoms with Gasteiger partial charge in [-0.2, -0.15) is 5.10 Å². The zero-order chi connectivity index (χ0) is 18.2. The van der Waals surface area contributed by atoms with E-state index in [9.17, 15) is 14.7 Å². The Hall–Kier alpha value is -2.83. The van der Waals surface area contributed by atoms with Gasteiger partial charge in [-0.1, -0.05) is 26.8 Å². The topological polar surface area (TPSA) is 98.3 Å². The quantitative estimate of drug-likeness (QED) is 0.780. The maximum Gasteiger partial charge on any atom is 0.407 e. The van der Waals surface area contributed by atoms with Crippen LogP contribution in [0, 0.1) is 5.41 Å². The predicted molar refractivity (Wildman–Crippen MR) is 93.6 cm³/mol. The first-order chi connectivity index (χ1) is 11.8. The molecule has 1 aromatic carbocycles. The molecule has 0 radical (unpaired) electrons. The van der Waals surface area contributed by atoms with Crippen molar-refractivity contribution in [2.75, 3.05) is 11.9 Å². The predicted octanol–water partition coefficient (Wildman–Crippen LogP) is 3.29. The molecule has 2 heterocycles. The van der Waals surface area contributed by atoms with E-state index in [-0.39, 0.29) is 17.4 Å². The van der Waals surface area contributed by atoms with Crippen LogP contribution in [0.25, 0.3) is 0 Å². The summed E-state index contributed by atoms with van der Waals surface area (Å²) in [5.74, 6) is -0.211. The summed E-state index contributed by atoms with van der Waals surface area (Å²) in [4.78, 5) is 25.5. The highest BCUT2D eigenvalue weighted by molar-refractivity contribution is 6.04. The highest BCUT2D eigenvalue weighted by Gasteiger charge is 2.38. The summed E-state index contributed by atoms with van der Waals surface area (Å²) in [5, 5.41) is 18.8. The molecule has 25 heavy (non-hydrogen) atoms. The van der Waals surface area contributed by atoms with Gasteiger partial charge < -0.3 is 15.3 Å². The number of fused-ring (bicyclic) bond motifs is 1. The van der Waals surface area contributed by atoms with E-state index in [1.54, 1.807) is 12.3 Å². The van der Waals surface area contributed by atoms with Gasteiger partial charge in [-0.25, -0.2) is 4.79 Å². The number of rotatable bonds is 2. The number of H-pyrrole nitrogens is 1. The van der Waals surface area contributed by atoms with Gasteiger partial charge in [0.1, 0.15) is 0 Å². The van der Waals surface area contributed by atoms with E-state index in [1.807, 2.05) is 32.9 Å². The minimum absolute atomic E-state index is 0.211. The lowest BCUT2D eigenvalue weighted by atomic mass is 9.77. The second-order valence-corrected chi connectivity index (χ2v) is 7.35. The molecule has 3 rings (SSSR count). The molecular weight excluding hydrogens is 320 g/mol. The van der Waals surface area contributed by atoms with E-state index in [2.05, 4.69) is 15.5 Å². The van der Waals surface area contributed by atoms with E-state index in [1.165, 1.54) is 11.1 Å². The summed E-state index contributed by atoms with van der Waals surface area (Å²) in [6, 6.07) is 5.26. The molecule has 1 atom stereocenters. The van der Waals surface area contributed by atoms with Crippen LogP contribution in [0.15, 0.2) is 30.6 Å². The van der Waals surface area contributed by atoms with Crippen molar-refractivity contribution in [1.29, 1.82) is 0 Å². The molecule has 1 aliphatic heterocycles. The number of carboxylic acid groups (broad SMARTS) is 1. The number of aromatic amines is 1. The largest absolute Gasteiger partial charge is 0.465 e. The van der Waals surface area contributed by atoms with Crippen LogP contribution in [-0.4, -0.2) is 38.7 Å². The second kappa shape index (κ2) is 6.23. The van der Waals surface area contributed by atoms with Crippen LogP contribution in [0.3, 0.4) is 0 Å². The van der Waals surface area contributed by atoms with Crippen molar-refractivity contribution in [3.8, 4) is 0 Å². The summed E-state index contributed by atoms with van der Waals surface area (Å²) < 4.78 is 0. The first-order valence-corrected chi connectivity index (χ1v) is 8.20. The van der Waals surface area contributed by atoms with Crippen molar-refractivity contribution in [2.24, 2.45) is 5.41 Å². The lowest BCUT2D eigenvalue weighted by Gasteiger charge is -2.43. The molecule has 0 saturated carbocycles. The number of anilines is 1. The Morgan fingerprint density at radius 2 is 2.12 bits per heavy atom. The molecule has 2 amide bonds. The summed E-state index contributed by atoms with van der Waals surface area (Å²) in [6.07, 6.45) is 2.83. The Morgan fingerprint density at radius 3 is 2.72 bits per heavy atom. The molecule has 0 spiro atoms. The molecule has 0 aliphatic carbocycles. The van der Waals surface area contributed by atoms with Crippen LogP contribution in [-0.2, 0) is 6.42 Å². The summed E-state index contributed by atoms with van der Waals surface area (Å²) in [7, 11) is 0. The van der Waals surface area contributed by atoms with Crippen molar-refractivity contribution < 1.29 is 14.7 Å². The van der Waals surface area contributed by atoms with E-state index in [0.717, 1.165) is 11.1 Å². The lowest BCUT2D eigenvalue weighted by molar-refractivity contribution is 0.0758. The van der Waals surface area contributed by atoms with Crippen LogP contribution < -0.4 is 5.32 Å². The first kappa shape index (κ1) is 17.0. The zero-order valence-corrected chi connectivity index (χ0v) is 14.5. The normalized spacial score (nSPS) is 17.1.